The van der Waals surface area contributed by atoms with Crippen molar-refractivity contribution in [2.45, 2.75) is 44.2 Å². The van der Waals surface area contributed by atoms with Gasteiger partial charge in [0.25, 0.3) is 0 Å². The Morgan fingerprint density at radius 1 is 1.77 bits per heavy atom. The van der Waals surface area contributed by atoms with E-state index in [4.69, 9.17) is 15.3 Å². The van der Waals surface area contributed by atoms with Crippen molar-refractivity contribution in [2.75, 3.05) is 6.61 Å². The van der Waals surface area contributed by atoms with Crippen molar-refractivity contribution in [3.63, 3.8) is 0 Å². The van der Waals surface area contributed by atoms with Crippen molar-refractivity contribution in [1.82, 2.24) is 0 Å². The highest BCUT2D eigenvalue weighted by molar-refractivity contribution is 5.78. The molecule has 0 radical (unpaired) electrons. The summed E-state index contributed by atoms with van der Waals surface area (Å²) in [5.41, 5.74) is 5.72. The van der Waals surface area contributed by atoms with Gasteiger partial charge in [0.2, 0.25) is 5.90 Å². The third kappa shape index (κ3) is 1.63. The van der Waals surface area contributed by atoms with Crippen molar-refractivity contribution in [3.05, 3.63) is 0 Å². The third-order valence-electron chi connectivity index (χ3n) is 2.73. The molecular weight excluding hydrogens is 168 g/mol. The molecule has 4 heteroatoms. The minimum atomic E-state index is -0.121. The van der Waals surface area contributed by atoms with Gasteiger partial charge in [-0.15, -0.1) is 0 Å². The first kappa shape index (κ1) is 8.81. The molecular formula is C9H16N2O2. The van der Waals surface area contributed by atoms with Crippen LogP contribution in [0.1, 0.15) is 32.6 Å². The zero-order valence-electron chi connectivity index (χ0n) is 7.95. The van der Waals surface area contributed by atoms with Crippen LogP contribution < -0.4 is 5.73 Å². The fraction of sp³-hybridized carbons (Fsp3) is 0.889. The Hall–Kier alpha value is -0.770. The maximum Gasteiger partial charge on any atom is 0.229 e. The Balaban J connectivity index is 1.93. The van der Waals surface area contributed by atoms with Crippen LogP contribution in [0.2, 0.25) is 0 Å². The molecule has 2 unspecified atom stereocenters. The molecule has 0 bridgehead atoms. The lowest BCUT2D eigenvalue weighted by molar-refractivity contribution is -0.0136. The van der Waals surface area contributed by atoms with Gasteiger partial charge in [0.1, 0.15) is 5.60 Å². The predicted octanol–water partition coefficient (Wildman–Crippen LogP) is 1.01. The van der Waals surface area contributed by atoms with E-state index in [1.54, 1.807) is 0 Å². The summed E-state index contributed by atoms with van der Waals surface area (Å²) in [6.45, 7) is 2.61. The van der Waals surface area contributed by atoms with Crippen LogP contribution in [0.5, 0.6) is 0 Å². The van der Waals surface area contributed by atoms with Crippen LogP contribution in [0.3, 0.4) is 0 Å². The van der Waals surface area contributed by atoms with E-state index < -0.39 is 0 Å². The lowest BCUT2D eigenvalue weighted by Gasteiger charge is -2.19. The zero-order valence-corrected chi connectivity index (χ0v) is 7.95. The number of nitrogens with two attached hydrogens (primary N) is 1. The summed E-state index contributed by atoms with van der Waals surface area (Å²) >= 11 is 0. The average Bonchev–Trinajstić information content (AvgIpc) is 2.62. The SMILES string of the molecule is CCOC1=NOC2(CCC(N)C2)C1. The Kier molecular flexibility index (Phi) is 2.15. The Labute approximate surface area is 78.1 Å². The number of oxime groups is 1. The number of rotatable bonds is 1. The average molecular weight is 184 g/mol. The lowest BCUT2D eigenvalue weighted by atomic mass is 9.98. The summed E-state index contributed by atoms with van der Waals surface area (Å²) in [5.74, 6) is 0.733. The van der Waals surface area contributed by atoms with Crippen LogP contribution in [-0.4, -0.2) is 24.1 Å². The second-order valence-corrected chi connectivity index (χ2v) is 3.87. The molecule has 2 rings (SSSR count). The van der Waals surface area contributed by atoms with Crippen LogP contribution in [-0.2, 0) is 9.57 Å². The highest BCUT2D eigenvalue weighted by Crippen LogP contribution is 2.39. The van der Waals surface area contributed by atoms with Gasteiger partial charge in [-0.3, -0.25) is 0 Å². The first-order valence-electron chi connectivity index (χ1n) is 4.87. The molecule has 1 aliphatic heterocycles. The van der Waals surface area contributed by atoms with Crippen LogP contribution in [0.4, 0.5) is 0 Å². The molecule has 1 heterocycles. The summed E-state index contributed by atoms with van der Waals surface area (Å²) in [5, 5.41) is 3.93. The summed E-state index contributed by atoms with van der Waals surface area (Å²) in [7, 11) is 0. The lowest BCUT2D eigenvalue weighted by Crippen LogP contribution is -2.28. The molecule has 1 fully saturated rings. The summed E-state index contributed by atoms with van der Waals surface area (Å²) < 4.78 is 5.31. The van der Waals surface area contributed by atoms with Crippen molar-refractivity contribution >= 4 is 5.90 Å². The monoisotopic (exact) mass is 184 g/mol. The largest absolute Gasteiger partial charge is 0.479 e. The molecule has 1 saturated carbocycles. The van der Waals surface area contributed by atoms with Gasteiger partial charge in [-0.05, 0) is 19.8 Å². The highest BCUT2D eigenvalue weighted by Gasteiger charge is 2.45. The summed E-state index contributed by atoms with van der Waals surface area (Å²) in [6, 6.07) is 0.274. The van der Waals surface area contributed by atoms with Crippen molar-refractivity contribution in [1.29, 1.82) is 0 Å². The van der Waals surface area contributed by atoms with Crippen LogP contribution >= 0.6 is 0 Å². The minimum absolute atomic E-state index is 0.121. The first-order chi connectivity index (χ1) is 6.24. The number of hydrogen-bond donors (Lipinski definition) is 1. The topological polar surface area (TPSA) is 56.8 Å². The Morgan fingerprint density at radius 3 is 3.23 bits per heavy atom. The standard InChI is InChI=1S/C9H16N2O2/c1-2-12-8-6-9(13-11-8)4-3-7(10)5-9/h7H,2-6,10H2,1H3. The molecule has 0 saturated heterocycles. The molecule has 1 spiro atoms. The van der Waals surface area contributed by atoms with Gasteiger partial charge in [-0.25, -0.2) is 0 Å². The van der Waals surface area contributed by atoms with Crippen LogP contribution in [0.15, 0.2) is 5.16 Å². The van der Waals surface area contributed by atoms with E-state index in [1.807, 2.05) is 6.92 Å². The van der Waals surface area contributed by atoms with Gasteiger partial charge in [-0.2, -0.15) is 0 Å². The smallest absolute Gasteiger partial charge is 0.229 e. The minimum Gasteiger partial charge on any atom is -0.479 e. The molecule has 0 amide bonds. The third-order valence-corrected chi connectivity index (χ3v) is 2.73. The molecule has 13 heavy (non-hydrogen) atoms. The van der Waals surface area contributed by atoms with Gasteiger partial charge in [0.05, 0.1) is 13.0 Å². The Morgan fingerprint density at radius 2 is 2.62 bits per heavy atom. The van der Waals surface area contributed by atoms with Gasteiger partial charge >= 0.3 is 0 Å². The molecule has 4 nitrogen and oxygen atoms in total. The maximum atomic E-state index is 5.84. The molecule has 74 valence electrons. The van der Waals surface area contributed by atoms with E-state index in [0.717, 1.165) is 31.6 Å². The maximum absolute atomic E-state index is 5.84. The number of nitrogens with zero attached hydrogens (tertiary/aromatic N) is 1. The molecule has 0 aromatic carbocycles. The van der Waals surface area contributed by atoms with Crippen LogP contribution in [0.25, 0.3) is 0 Å². The van der Waals surface area contributed by atoms with Gasteiger partial charge in [0, 0.05) is 12.5 Å². The van der Waals surface area contributed by atoms with E-state index in [2.05, 4.69) is 5.16 Å². The summed E-state index contributed by atoms with van der Waals surface area (Å²) in [6.07, 6.45) is 3.75. The molecule has 1 aliphatic carbocycles. The Bertz CT molecular complexity index is 230. The number of ether oxygens (including phenoxy) is 1. The van der Waals surface area contributed by atoms with E-state index >= 15 is 0 Å². The molecule has 0 aromatic heterocycles. The fourth-order valence-electron chi connectivity index (χ4n) is 2.11. The van der Waals surface area contributed by atoms with Gasteiger partial charge < -0.3 is 15.3 Å². The number of hydrogen-bond acceptors (Lipinski definition) is 4. The summed E-state index contributed by atoms with van der Waals surface area (Å²) in [4.78, 5) is 5.42. The normalized spacial score (nSPS) is 37.7. The highest BCUT2D eigenvalue weighted by atomic mass is 16.7. The van der Waals surface area contributed by atoms with E-state index in [0.29, 0.717) is 6.61 Å². The van der Waals surface area contributed by atoms with Crippen LogP contribution in [0, 0.1) is 0 Å². The van der Waals surface area contributed by atoms with Gasteiger partial charge in [-0.1, -0.05) is 5.16 Å². The first-order valence-corrected chi connectivity index (χ1v) is 4.87. The van der Waals surface area contributed by atoms with E-state index in [-0.39, 0.29) is 11.6 Å². The molecule has 2 aliphatic rings. The predicted molar refractivity (Wildman–Crippen MR) is 49.3 cm³/mol. The van der Waals surface area contributed by atoms with Crippen molar-refractivity contribution < 1.29 is 9.57 Å². The molecule has 2 atom stereocenters. The second-order valence-electron chi connectivity index (χ2n) is 3.87. The van der Waals surface area contributed by atoms with E-state index in [1.165, 1.54) is 0 Å². The van der Waals surface area contributed by atoms with Crippen molar-refractivity contribution in [2.24, 2.45) is 10.9 Å². The quantitative estimate of drug-likeness (QED) is 0.661. The van der Waals surface area contributed by atoms with Crippen molar-refractivity contribution in [3.8, 4) is 0 Å². The second kappa shape index (κ2) is 3.18. The fourth-order valence-corrected chi connectivity index (χ4v) is 2.11. The molecule has 0 aromatic rings. The van der Waals surface area contributed by atoms with Gasteiger partial charge in [0.15, 0.2) is 0 Å². The zero-order chi connectivity index (χ0) is 9.31. The molecule has 2 N–H and O–H groups in total. The van der Waals surface area contributed by atoms with E-state index in [9.17, 15) is 0 Å².